The van der Waals surface area contributed by atoms with Gasteiger partial charge in [-0.05, 0) is 36.1 Å². The molecule has 0 fully saturated rings. The van der Waals surface area contributed by atoms with Crippen molar-refractivity contribution in [3.63, 3.8) is 0 Å². The minimum atomic E-state index is -0.324. The first-order valence-corrected chi connectivity index (χ1v) is 4.31. The number of nitriles is 1. The van der Waals surface area contributed by atoms with Crippen LogP contribution >= 0.6 is 0 Å². The third-order valence-electron chi connectivity index (χ3n) is 1.73. The molecule has 0 bridgehead atoms. The topological polar surface area (TPSA) is 23.8 Å². The Morgan fingerprint density at radius 3 is 2.62 bits per heavy atom. The van der Waals surface area contributed by atoms with Crippen LogP contribution in [0.1, 0.15) is 25.0 Å². The largest absolute Gasteiger partial charge is 0.207 e. The third-order valence-corrected chi connectivity index (χ3v) is 1.73. The van der Waals surface area contributed by atoms with Crippen molar-refractivity contribution in [1.29, 1.82) is 5.26 Å². The highest BCUT2D eigenvalue weighted by molar-refractivity contribution is 5.33. The van der Waals surface area contributed by atoms with E-state index in [0.29, 0.717) is 11.5 Å². The van der Waals surface area contributed by atoms with E-state index in [1.165, 1.54) is 12.1 Å². The van der Waals surface area contributed by atoms with Crippen LogP contribution in [0.25, 0.3) is 0 Å². The van der Waals surface area contributed by atoms with E-state index in [0.717, 1.165) is 12.0 Å². The van der Waals surface area contributed by atoms with Crippen LogP contribution < -0.4 is 0 Å². The van der Waals surface area contributed by atoms with E-state index in [-0.39, 0.29) is 5.82 Å². The fourth-order valence-electron chi connectivity index (χ4n) is 1.30. The van der Waals surface area contributed by atoms with Crippen molar-refractivity contribution in [1.82, 2.24) is 0 Å². The molecule has 0 heterocycles. The minimum absolute atomic E-state index is 0.324. The van der Waals surface area contributed by atoms with E-state index in [4.69, 9.17) is 5.26 Å². The number of rotatable bonds is 2. The number of halogens is 1. The van der Waals surface area contributed by atoms with Gasteiger partial charge in [0.05, 0.1) is 11.6 Å². The van der Waals surface area contributed by atoms with E-state index >= 15 is 0 Å². The molecule has 13 heavy (non-hydrogen) atoms. The van der Waals surface area contributed by atoms with Crippen LogP contribution in [0.15, 0.2) is 18.2 Å². The maximum absolute atomic E-state index is 12.9. The summed E-state index contributed by atoms with van der Waals surface area (Å²) in [4.78, 5) is 0. The first-order valence-electron chi connectivity index (χ1n) is 4.31. The molecule has 0 aromatic heterocycles. The van der Waals surface area contributed by atoms with Gasteiger partial charge in [-0.25, -0.2) is 4.39 Å². The summed E-state index contributed by atoms with van der Waals surface area (Å²) >= 11 is 0. The second-order valence-electron chi connectivity index (χ2n) is 3.56. The Morgan fingerprint density at radius 2 is 2.08 bits per heavy atom. The van der Waals surface area contributed by atoms with Crippen LogP contribution in [-0.4, -0.2) is 0 Å². The van der Waals surface area contributed by atoms with E-state index in [9.17, 15) is 4.39 Å². The highest BCUT2D eigenvalue weighted by Gasteiger charge is 2.02. The van der Waals surface area contributed by atoms with Crippen molar-refractivity contribution in [2.24, 2.45) is 5.92 Å². The molecule has 0 spiro atoms. The van der Waals surface area contributed by atoms with Crippen molar-refractivity contribution in [2.75, 3.05) is 0 Å². The van der Waals surface area contributed by atoms with Gasteiger partial charge in [-0.1, -0.05) is 13.8 Å². The van der Waals surface area contributed by atoms with Crippen molar-refractivity contribution in [3.8, 4) is 6.07 Å². The number of nitrogens with zero attached hydrogens (tertiary/aromatic N) is 1. The zero-order chi connectivity index (χ0) is 9.84. The van der Waals surface area contributed by atoms with Crippen LogP contribution in [0.5, 0.6) is 0 Å². The Balaban J connectivity index is 2.96. The fraction of sp³-hybridized carbons (Fsp3) is 0.364. The van der Waals surface area contributed by atoms with Crippen LogP contribution in [0.4, 0.5) is 4.39 Å². The lowest BCUT2D eigenvalue weighted by atomic mass is 10.0. The molecule has 0 aliphatic heterocycles. The highest BCUT2D eigenvalue weighted by atomic mass is 19.1. The normalized spacial score (nSPS) is 10.1. The summed E-state index contributed by atoms with van der Waals surface area (Å²) in [7, 11) is 0. The second kappa shape index (κ2) is 4.04. The van der Waals surface area contributed by atoms with Crippen molar-refractivity contribution in [2.45, 2.75) is 20.3 Å². The van der Waals surface area contributed by atoms with Gasteiger partial charge in [0.1, 0.15) is 5.82 Å². The first kappa shape index (κ1) is 9.73. The van der Waals surface area contributed by atoms with E-state index < -0.39 is 0 Å². The lowest BCUT2D eigenvalue weighted by molar-refractivity contribution is 0.612. The second-order valence-corrected chi connectivity index (χ2v) is 3.56. The maximum Gasteiger partial charge on any atom is 0.124 e. The molecule has 1 rings (SSSR count). The molecule has 2 heteroatoms. The standard InChI is InChI=1S/C11H12FN/c1-8(2)3-9-4-10(7-13)6-11(12)5-9/h4-6,8H,3H2,1-2H3. The predicted molar refractivity (Wildman–Crippen MR) is 49.7 cm³/mol. The lowest BCUT2D eigenvalue weighted by Gasteiger charge is -2.04. The Morgan fingerprint density at radius 1 is 1.38 bits per heavy atom. The van der Waals surface area contributed by atoms with Gasteiger partial charge in [-0.15, -0.1) is 0 Å². The zero-order valence-electron chi connectivity index (χ0n) is 7.84. The molecule has 0 N–H and O–H groups in total. The highest BCUT2D eigenvalue weighted by Crippen LogP contribution is 2.12. The molecule has 0 aliphatic carbocycles. The van der Waals surface area contributed by atoms with Gasteiger partial charge in [0.25, 0.3) is 0 Å². The molecule has 1 aromatic carbocycles. The average molecular weight is 177 g/mol. The van der Waals surface area contributed by atoms with Crippen LogP contribution in [-0.2, 0) is 6.42 Å². The Bertz CT molecular complexity index is 336. The number of hydrogen-bond donors (Lipinski definition) is 0. The Hall–Kier alpha value is -1.36. The minimum Gasteiger partial charge on any atom is -0.207 e. The molecule has 68 valence electrons. The summed E-state index contributed by atoms with van der Waals surface area (Å²) in [5.41, 5.74) is 1.29. The third kappa shape index (κ3) is 2.87. The van der Waals surface area contributed by atoms with E-state index in [2.05, 4.69) is 13.8 Å². The van der Waals surface area contributed by atoms with Crippen LogP contribution in [0.3, 0.4) is 0 Å². The van der Waals surface area contributed by atoms with Gasteiger partial charge in [-0.3, -0.25) is 0 Å². The SMILES string of the molecule is CC(C)Cc1cc(F)cc(C#N)c1. The van der Waals surface area contributed by atoms with Gasteiger partial charge < -0.3 is 0 Å². The molecular weight excluding hydrogens is 165 g/mol. The van der Waals surface area contributed by atoms with Crippen LogP contribution in [0, 0.1) is 23.1 Å². The summed E-state index contributed by atoms with van der Waals surface area (Å²) in [6, 6.07) is 6.42. The number of hydrogen-bond acceptors (Lipinski definition) is 1. The summed E-state index contributed by atoms with van der Waals surface area (Å²) in [5, 5.41) is 8.60. The fourth-order valence-corrected chi connectivity index (χ4v) is 1.30. The quantitative estimate of drug-likeness (QED) is 0.681. The smallest absolute Gasteiger partial charge is 0.124 e. The van der Waals surface area contributed by atoms with E-state index in [1.807, 2.05) is 6.07 Å². The molecular formula is C11H12FN. The molecule has 1 aromatic rings. The van der Waals surface area contributed by atoms with Crippen molar-refractivity contribution >= 4 is 0 Å². The molecule has 0 atom stereocenters. The first-order chi connectivity index (χ1) is 6.11. The summed E-state index contributed by atoms with van der Waals surface area (Å²) < 4.78 is 12.9. The molecule has 0 unspecified atom stereocenters. The summed E-state index contributed by atoms with van der Waals surface area (Å²) in [6.45, 7) is 4.13. The Labute approximate surface area is 77.8 Å². The van der Waals surface area contributed by atoms with Gasteiger partial charge in [-0.2, -0.15) is 5.26 Å². The summed E-state index contributed by atoms with van der Waals surface area (Å²) in [6.07, 6.45) is 0.812. The zero-order valence-corrected chi connectivity index (χ0v) is 7.84. The predicted octanol–water partition coefficient (Wildman–Crippen LogP) is 2.90. The van der Waals surface area contributed by atoms with Crippen LogP contribution in [0.2, 0.25) is 0 Å². The molecule has 0 amide bonds. The number of benzene rings is 1. The van der Waals surface area contributed by atoms with Gasteiger partial charge in [0.15, 0.2) is 0 Å². The Kier molecular flexibility index (Phi) is 3.02. The summed E-state index contributed by atoms with van der Waals surface area (Å²) in [5.74, 6) is 0.156. The lowest BCUT2D eigenvalue weighted by Crippen LogP contribution is -1.95. The maximum atomic E-state index is 12.9. The molecule has 1 nitrogen and oxygen atoms in total. The van der Waals surface area contributed by atoms with E-state index in [1.54, 1.807) is 6.07 Å². The van der Waals surface area contributed by atoms with Crippen molar-refractivity contribution < 1.29 is 4.39 Å². The monoisotopic (exact) mass is 177 g/mol. The van der Waals surface area contributed by atoms with Gasteiger partial charge in [0, 0.05) is 0 Å². The molecule has 0 aliphatic rings. The molecule has 0 saturated carbocycles. The molecule has 0 saturated heterocycles. The van der Waals surface area contributed by atoms with Gasteiger partial charge >= 0.3 is 0 Å². The average Bonchev–Trinajstić information content (AvgIpc) is 2.01. The van der Waals surface area contributed by atoms with Gasteiger partial charge in [0.2, 0.25) is 0 Å². The van der Waals surface area contributed by atoms with Crippen molar-refractivity contribution in [3.05, 3.63) is 35.1 Å². The molecule has 0 radical (unpaired) electrons.